The van der Waals surface area contributed by atoms with Crippen molar-refractivity contribution in [2.24, 2.45) is 5.41 Å². The molecule has 0 aromatic heterocycles. The van der Waals surface area contributed by atoms with E-state index < -0.39 is 6.10 Å². The van der Waals surface area contributed by atoms with Gasteiger partial charge in [0.2, 0.25) is 0 Å². The van der Waals surface area contributed by atoms with Crippen molar-refractivity contribution in [1.29, 1.82) is 0 Å². The van der Waals surface area contributed by atoms with Gasteiger partial charge in [0.15, 0.2) is 0 Å². The lowest BCUT2D eigenvalue weighted by Gasteiger charge is -2.29. The van der Waals surface area contributed by atoms with Crippen LogP contribution >= 0.6 is 0 Å². The summed E-state index contributed by atoms with van der Waals surface area (Å²) < 4.78 is 0. The third-order valence-electron chi connectivity index (χ3n) is 3.37. The molecule has 106 valence electrons. The normalized spacial score (nSPS) is 14.8. The number of amides is 1. The van der Waals surface area contributed by atoms with E-state index in [1.54, 1.807) is 12.1 Å². The zero-order valence-corrected chi connectivity index (χ0v) is 12.3. The van der Waals surface area contributed by atoms with Crippen molar-refractivity contribution in [2.75, 3.05) is 0 Å². The van der Waals surface area contributed by atoms with Crippen molar-refractivity contribution in [3.63, 3.8) is 0 Å². The number of aliphatic hydroxyl groups is 1. The topological polar surface area (TPSA) is 49.3 Å². The van der Waals surface area contributed by atoms with E-state index in [0.29, 0.717) is 12.0 Å². The fourth-order valence-corrected chi connectivity index (χ4v) is 1.81. The van der Waals surface area contributed by atoms with E-state index in [1.165, 1.54) is 0 Å². The minimum atomic E-state index is -0.423. The lowest BCUT2D eigenvalue weighted by molar-refractivity contribution is 0.0450. The Morgan fingerprint density at radius 3 is 2.32 bits per heavy atom. The molecule has 1 aromatic carbocycles. The second-order valence-corrected chi connectivity index (χ2v) is 6.06. The molecule has 0 heterocycles. The van der Waals surface area contributed by atoms with E-state index in [-0.39, 0.29) is 17.4 Å². The van der Waals surface area contributed by atoms with E-state index in [0.717, 1.165) is 6.42 Å². The Labute approximate surface area is 116 Å². The molecular formula is C16H25NO2. The minimum absolute atomic E-state index is 0.00179. The Kier molecular flexibility index (Phi) is 5.55. The summed E-state index contributed by atoms with van der Waals surface area (Å²) in [5, 5.41) is 13.1. The number of aliphatic hydroxyl groups excluding tert-OH is 1. The first-order chi connectivity index (χ1) is 8.84. The summed E-state index contributed by atoms with van der Waals surface area (Å²) in [6.07, 6.45) is 0.970. The zero-order valence-electron chi connectivity index (χ0n) is 12.3. The molecule has 1 rings (SSSR count). The highest BCUT2D eigenvalue weighted by atomic mass is 16.3. The number of benzene rings is 1. The summed E-state index contributed by atoms with van der Waals surface area (Å²) in [7, 11) is 0. The summed E-state index contributed by atoms with van der Waals surface area (Å²) >= 11 is 0. The summed E-state index contributed by atoms with van der Waals surface area (Å²) in [4.78, 5) is 12.1. The highest BCUT2D eigenvalue weighted by molar-refractivity contribution is 5.94. The lowest BCUT2D eigenvalue weighted by atomic mass is 9.85. The Hall–Kier alpha value is -1.35. The Morgan fingerprint density at radius 2 is 1.84 bits per heavy atom. The number of carbonyl (C=O) groups excluding carboxylic acids is 1. The summed E-state index contributed by atoms with van der Waals surface area (Å²) in [5.74, 6) is -0.0754. The second-order valence-electron chi connectivity index (χ2n) is 6.06. The van der Waals surface area contributed by atoms with Crippen molar-refractivity contribution in [2.45, 2.75) is 52.7 Å². The van der Waals surface area contributed by atoms with Crippen LogP contribution in [0.25, 0.3) is 0 Å². The second kappa shape index (κ2) is 6.71. The molecule has 0 spiro atoms. The van der Waals surface area contributed by atoms with Gasteiger partial charge in [-0.3, -0.25) is 4.79 Å². The van der Waals surface area contributed by atoms with E-state index in [4.69, 9.17) is 0 Å². The van der Waals surface area contributed by atoms with Gasteiger partial charge in [0.1, 0.15) is 0 Å². The zero-order chi connectivity index (χ0) is 14.5. The largest absolute Gasteiger partial charge is 0.393 e. The average Bonchev–Trinajstić information content (AvgIpc) is 2.37. The van der Waals surface area contributed by atoms with Gasteiger partial charge in [0.05, 0.1) is 6.10 Å². The molecule has 0 unspecified atom stereocenters. The van der Waals surface area contributed by atoms with E-state index in [9.17, 15) is 9.90 Å². The maximum atomic E-state index is 12.1. The van der Waals surface area contributed by atoms with Crippen molar-refractivity contribution in [3.8, 4) is 0 Å². The molecule has 2 atom stereocenters. The maximum absolute atomic E-state index is 12.1. The van der Waals surface area contributed by atoms with Gasteiger partial charge >= 0.3 is 0 Å². The van der Waals surface area contributed by atoms with Gasteiger partial charge in [-0.1, -0.05) is 45.9 Å². The molecular weight excluding hydrogens is 238 g/mol. The molecule has 1 aromatic rings. The van der Waals surface area contributed by atoms with Crippen molar-refractivity contribution in [3.05, 3.63) is 35.9 Å². The first-order valence-corrected chi connectivity index (χ1v) is 6.88. The lowest BCUT2D eigenvalue weighted by Crippen LogP contribution is -2.40. The number of hydrogen-bond acceptors (Lipinski definition) is 2. The Balaban J connectivity index is 2.60. The number of nitrogens with one attached hydrogen (secondary N) is 1. The van der Waals surface area contributed by atoms with Crippen LogP contribution in [0.4, 0.5) is 0 Å². The molecule has 19 heavy (non-hydrogen) atoms. The number of carbonyl (C=O) groups is 1. The van der Waals surface area contributed by atoms with Crippen LogP contribution in [0.15, 0.2) is 30.3 Å². The van der Waals surface area contributed by atoms with E-state index in [1.807, 2.05) is 45.9 Å². The molecule has 0 aliphatic rings. The first kappa shape index (κ1) is 15.7. The molecule has 3 nitrogen and oxygen atoms in total. The van der Waals surface area contributed by atoms with Crippen LogP contribution in [-0.4, -0.2) is 23.2 Å². The monoisotopic (exact) mass is 263 g/mol. The molecule has 0 saturated carbocycles. The molecule has 0 bridgehead atoms. The van der Waals surface area contributed by atoms with E-state index >= 15 is 0 Å². The van der Waals surface area contributed by atoms with Gasteiger partial charge in [0.25, 0.3) is 5.91 Å². The molecule has 0 fully saturated rings. The predicted molar refractivity (Wildman–Crippen MR) is 78.1 cm³/mol. The highest BCUT2D eigenvalue weighted by Gasteiger charge is 2.25. The highest BCUT2D eigenvalue weighted by Crippen LogP contribution is 2.23. The standard InChI is InChI=1S/C16H25NO2/c1-5-13(11-14(18)16(2,3)4)17-15(19)12-9-7-6-8-10-12/h6-10,13-14,18H,5,11H2,1-4H3,(H,17,19)/t13-,14+/m0/s1. The van der Waals surface area contributed by atoms with Crippen molar-refractivity contribution < 1.29 is 9.90 Å². The molecule has 0 aliphatic carbocycles. The van der Waals surface area contributed by atoms with Crippen LogP contribution in [0.2, 0.25) is 0 Å². The number of hydrogen-bond donors (Lipinski definition) is 2. The van der Waals surface area contributed by atoms with Gasteiger partial charge in [-0.2, -0.15) is 0 Å². The molecule has 0 aliphatic heterocycles. The molecule has 2 N–H and O–H groups in total. The smallest absolute Gasteiger partial charge is 0.251 e. The average molecular weight is 263 g/mol. The molecule has 0 saturated heterocycles. The first-order valence-electron chi connectivity index (χ1n) is 6.88. The van der Waals surface area contributed by atoms with Crippen LogP contribution in [0.5, 0.6) is 0 Å². The number of rotatable bonds is 5. The molecule has 3 heteroatoms. The maximum Gasteiger partial charge on any atom is 0.251 e. The van der Waals surface area contributed by atoms with Crippen molar-refractivity contribution in [1.82, 2.24) is 5.32 Å². The Morgan fingerprint density at radius 1 is 1.26 bits per heavy atom. The van der Waals surface area contributed by atoms with Crippen LogP contribution in [0, 0.1) is 5.41 Å². The van der Waals surface area contributed by atoms with Crippen LogP contribution in [0.1, 0.15) is 50.9 Å². The van der Waals surface area contributed by atoms with Gasteiger partial charge < -0.3 is 10.4 Å². The fourth-order valence-electron chi connectivity index (χ4n) is 1.81. The van der Waals surface area contributed by atoms with E-state index in [2.05, 4.69) is 5.32 Å². The third kappa shape index (κ3) is 5.03. The van der Waals surface area contributed by atoms with Crippen LogP contribution in [-0.2, 0) is 0 Å². The van der Waals surface area contributed by atoms with Gasteiger partial charge in [-0.05, 0) is 30.4 Å². The SMILES string of the molecule is CC[C@@H](C[C@@H](O)C(C)(C)C)NC(=O)c1ccccc1. The summed E-state index contributed by atoms with van der Waals surface area (Å²) in [6.45, 7) is 8.03. The molecule has 1 amide bonds. The van der Waals surface area contributed by atoms with Crippen LogP contribution in [0.3, 0.4) is 0 Å². The quantitative estimate of drug-likeness (QED) is 0.858. The van der Waals surface area contributed by atoms with Gasteiger partial charge in [-0.25, -0.2) is 0 Å². The van der Waals surface area contributed by atoms with Gasteiger partial charge in [0, 0.05) is 11.6 Å². The van der Waals surface area contributed by atoms with Crippen molar-refractivity contribution >= 4 is 5.91 Å². The predicted octanol–water partition coefficient (Wildman–Crippen LogP) is 2.99. The molecule has 0 radical (unpaired) electrons. The third-order valence-corrected chi connectivity index (χ3v) is 3.37. The van der Waals surface area contributed by atoms with Crippen LogP contribution < -0.4 is 5.32 Å². The summed E-state index contributed by atoms with van der Waals surface area (Å²) in [5.41, 5.74) is 0.497. The Bertz CT molecular complexity index is 395. The summed E-state index contributed by atoms with van der Waals surface area (Å²) in [6, 6.07) is 9.17. The fraction of sp³-hybridized carbons (Fsp3) is 0.562. The minimum Gasteiger partial charge on any atom is -0.393 e. The van der Waals surface area contributed by atoms with Gasteiger partial charge in [-0.15, -0.1) is 0 Å².